The lowest BCUT2D eigenvalue weighted by Crippen LogP contribution is -2.29. The number of amides is 3. The van der Waals surface area contributed by atoms with Gasteiger partial charge in [0.25, 0.3) is 5.91 Å². The number of benzene rings is 1. The number of anilines is 1. The molecule has 1 aromatic heterocycles. The van der Waals surface area contributed by atoms with Gasteiger partial charge in [-0.2, -0.15) is 0 Å². The second-order valence-corrected chi connectivity index (χ2v) is 6.85. The highest BCUT2D eigenvalue weighted by atomic mass is 35.5. The zero-order valence-corrected chi connectivity index (χ0v) is 15.7. The van der Waals surface area contributed by atoms with Crippen LogP contribution in [0, 0.1) is 6.92 Å². The van der Waals surface area contributed by atoms with Crippen molar-refractivity contribution in [2.75, 3.05) is 18.4 Å². The quantitative estimate of drug-likeness (QED) is 0.821. The van der Waals surface area contributed by atoms with E-state index in [-0.39, 0.29) is 18.3 Å². The van der Waals surface area contributed by atoms with Gasteiger partial charge in [0.1, 0.15) is 5.76 Å². The fourth-order valence-corrected chi connectivity index (χ4v) is 3.28. The Morgan fingerprint density at radius 1 is 1.19 bits per heavy atom. The van der Waals surface area contributed by atoms with E-state index >= 15 is 0 Å². The fourth-order valence-electron chi connectivity index (χ4n) is 2.75. The summed E-state index contributed by atoms with van der Waals surface area (Å²) >= 11 is 11.8. The van der Waals surface area contributed by atoms with Crippen LogP contribution in [0.5, 0.6) is 0 Å². The monoisotopic (exact) mass is 396 g/mol. The first-order valence-corrected chi connectivity index (χ1v) is 8.94. The van der Waals surface area contributed by atoms with Crippen LogP contribution >= 0.6 is 23.2 Å². The molecule has 1 aliphatic rings. The van der Waals surface area contributed by atoms with Crippen LogP contribution in [0.1, 0.15) is 35.0 Å². The number of hydrogen-bond acceptors (Lipinski definition) is 4. The number of aryl methyl sites for hydroxylation is 1. The van der Waals surface area contributed by atoms with Crippen molar-refractivity contribution in [3.05, 3.63) is 45.6 Å². The Hall–Kier alpha value is -2.25. The maximum absolute atomic E-state index is 12.4. The first-order chi connectivity index (χ1) is 12.4. The van der Waals surface area contributed by atoms with E-state index in [1.54, 1.807) is 30.0 Å². The predicted molar refractivity (Wildman–Crippen MR) is 98.7 cm³/mol. The molecule has 3 amide bonds. The van der Waals surface area contributed by atoms with Gasteiger partial charge in [-0.3, -0.25) is 4.79 Å². The lowest BCUT2D eigenvalue weighted by atomic mass is 10.3. The summed E-state index contributed by atoms with van der Waals surface area (Å²) in [5.74, 6) is 0.582. The standard InChI is InChI=1S/C17H18Cl2N4O3/c1-10-15(16(24)23-4-2-3-5-23)22-14(26-10)9-20-17(25)21-13-7-11(18)6-12(19)8-13/h6-8H,2-5,9H2,1H3,(H2,20,21,25). The highest BCUT2D eigenvalue weighted by Crippen LogP contribution is 2.22. The number of rotatable bonds is 4. The van der Waals surface area contributed by atoms with Crippen LogP contribution in [0.25, 0.3) is 0 Å². The predicted octanol–water partition coefficient (Wildman–Crippen LogP) is 3.85. The lowest BCUT2D eigenvalue weighted by molar-refractivity contribution is 0.0786. The van der Waals surface area contributed by atoms with E-state index in [1.165, 1.54) is 0 Å². The van der Waals surface area contributed by atoms with E-state index in [0.29, 0.717) is 27.2 Å². The molecule has 9 heteroatoms. The van der Waals surface area contributed by atoms with Crippen LogP contribution in [0.2, 0.25) is 10.0 Å². The number of hydrogen-bond donors (Lipinski definition) is 2. The molecule has 2 aromatic rings. The molecule has 0 bridgehead atoms. The third kappa shape index (κ3) is 4.47. The molecular formula is C17H18Cl2N4O3. The number of halogens is 2. The Kier molecular flexibility index (Phi) is 5.68. The smallest absolute Gasteiger partial charge is 0.319 e. The molecule has 7 nitrogen and oxygen atoms in total. The molecule has 2 N–H and O–H groups in total. The molecule has 1 saturated heterocycles. The number of likely N-dealkylation sites (tertiary alicyclic amines) is 1. The van der Waals surface area contributed by atoms with E-state index in [1.807, 2.05) is 0 Å². The molecule has 0 radical (unpaired) electrons. The van der Waals surface area contributed by atoms with Gasteiger partial charge in [-0.1, -0.05) is 23.2 Å². The Morgan fingerprint density at radius 3 is 2.50 bits per heavy atom. The number of aromatic nitrogens is 1. The topological polar surface area (TPSA) is 87.5 Å². The summed E-state index contributed by atoms with van der Waals surface area (Å²) in [7, 11) is 0. The third-order valence-electron chi connectivity index (χ3n) is 3.96. The molecule has 0 aliphatic carbocycles. The number of carbonyl (C=O) groups is 2. The maximum Gasteiger partial charge on any atom is 0.319 e. The van der Waals surface area contributed by atoms with Crippen molar-refractivity contribution in [1.29, 1.82) is 0 Å². The van der Waals surface area contributed by atoms with Crippen LogP contribution < -0.4 is 10.6 Å². The fraction of sp³-hybridized carbons (Fsp3) is 0.353. The Labute approximate surface area is 160 Å². The van der Waals surface area contributed by atoms with Crippen molar-refractivity contribution in [1.82, 2.24) is 15.2 Å². The van der Waals surface area contributed by atoms with Crippen molar-refractivity contribution in [3.63, 3.8) is 0 Å². The van der Waals surface area contributed by atoms with E-state index in [2.05, 4.69) is 15.6 Å². The molecular weight excluding hydrogens is 379 g/mol. The minimum Gasteiger partial charge on any atom is -0.443 e. The molecule has 0 atom stereocenters. The van der Waals surface area contributed by atoms with Gasteiger partial charge in [-0.25, -0.2) is 9.78 Å². The first kappa shape index (κ1) is 18.5. The number of carbonyl (C=O) groups excluding carboxylic acids is 2. The van der Waals surface area contributed by atoms with Gasteiger partial charge in [0, 0.05) is 28.8 Å². The molecule has 1 fully saturated rings. The van der Waals surface area contributed by atoms with Crippen molar-refractivity contribution < 1.29 is 14.0 Å². The summed E-state index contributed by atoms with van der Waals surface area (Å²) in [4.78, 5) is 30.4. The number of urea groups is 1. The van der Waals surface area contributed by atoms with Gasteiger partial charge in [0.15, 0.2) is 5.69 Å². The Morgan fingerprint density at radius 2 is 1.85 bits per heavy atom. The van der Waals surface area contributed by atoms with Gasteiger partial charge in [-0.05, 0) is 38.0 Å². The highest BCUT2D eigenvalue weighted by Gasteiger charge is 2.25. The summed E-state index contributed by atoms with van der Waals surface area (Å²) in [6.45, 7) is 3.22. The maximum atomic E-state index is 12.4. The normalized spacial score (nSPS) is 13.7. The molecule has 0 saturated carbocycles. The van der Waals surface area contributed by atoms with Crippen molar-refractivity contribution >= 4 is 40.8 Å². The van der Waals surface area contributed by atoms with Crippen LogP contribution in [0.3, 0.4) is 0 Å². The second kappa shape index (κ2) is 7.97. The van der Waals surface area contributed by atoms with Crippen molar-refractivity contribution in [2.45, 2.75) is 26.3 Å². The molecule has 0 unspecified atom stereocenters. The van der Waals surface area contributed by atoms with E-state index in [9.17, 15) is 9.59 Å². The van der Waals surface area contributed by atoms with Crippen LogP contribution in [0.4, 0.5) is 10.5 Å². The summed E-state index contributed by atoms with van der Waals surface area (Å²) in [5.41, 5.74) is 0.763. The van der Waals surface area contributed by atoms with Gasteiger partial charge < -0.3 is 20.0 Å². The van der Waals surface area contributed by atoms with E-state index < -0.39 is 6.03 Å². The summed E-state index contributed by atoms with van der Waals surface area (Å²) in [6, 6.07) is 4.26. The molecule has 2 heterocycles. The van der Waals surface area contributed by atoms with E-state index in [4.69, 9.17) is 27.6 Å². The Bertz CT molecular complexity index is 811. The van der Waals surface area contributed by atoms with Gasteiger partial charge in [0.2, 0.25) is 5.89 Å². The molecule has 138 valence electrons. The Balaban J connectivity index is 1.58. The molecule has 1 aliphatic heterocycles. The van der Waals surface area contributed by atoms with Crippen LogP contribution in [0.15, 0.2) is 22.6 Å². The number of oxazole rings is 1. The minimum atomic E-state index is -0.466. The SMILES string of the molecule is Cc1oc(CNC(=O)Nc2cc(Cl)cc(Cl)c2)nc1C(=O)N1CCCC1. The molecule has 26 heavy (non-hydrogen) atoms. The average molecular weight is 397 g/mol. The van der Waals surface area contributed by atoms with Gasteiger partial charge in [0.05, 0.1) is 6.54 Å². The summed E-state index contributed by atoms with van der Waals surface area (Å²) in [5, 5.41) is 6.07. The van der Waals surface area contributed by atoms with Gasteiger partial charge >= 0.3 is 6.03 Å². The third-order valence-corrected chi connectivity index (χ3v) is 4.39. The number of nitrogens with zero attached hydrogens (tertiary/aromatic N) is 2. The molecule has 1 aromatic carbocycles. The summed E-state index contributed by atoms with van der Waals surface area (Å²) in [6.07, 6.45) is 2.01. The van der Waals surface area contributed by atoms with Crippen molar-refractivity contribution in [3.8, 4) is 0 Å². The second-order valence-electron chi connectivity index (χ2n) is 5.98. The van der Waals surface area contributed by atoms with Crippen LogP contribution in [-0.2, 0) is 6.54 Å². The zero-order chi connectivity index (χ0) is 18.7. The van der Waals surface area contributed by atoms with Crippen LogP contribution in [-0.4, -0.2) is 34.9 Å². The van der Waals surface area contributed by atoms with Gasteiger partial charge in [-0.15, -0.1) is 0 Å². The van der Waals surface area contributed by atoms with Crippen molar-refractivity contribution in [2.24, 2.45) is 0 Å². The largest absolute Gasteiger partial charge is 0.443 e. The highest BCUT2D eigenvalue weighted by molar-refractivity contribution is 6.35. The average Bonchev–Trinajstić information content (AvgIpc) is 3.21. The zero-order valence-electron chi connectivity index (χ0n) is 14.1. The lowest BCUT2D eigenvalue weighted by Gasteiger charge is -2.13. The van der Waals surface area contributed by atoms with E-state index in [0.717, 1.165) is 25.9 Å². The summed E-state index contributed by atoms with van der Waals surface area (Å²) < 4.78 is 5.49. The molecule has 0 spiro atoms. The minimum absolute atomic E-state index is 0.0499. The molecule has 3 rings (SSSR count). The first-order valence-electron chi connectivity index (χ1n) is 8.19. The number of nitrogens with one attached hydrogen (secondary N) is 2.